The summed E-state index contributed by atoms with van der Waals surface area (Å²) in [5.74, 6) is 2.38. The Bertz CT molecular complexity index is 522. The Balaban J connectivity index is 1.90. The molecule has 86 valence electrons. The van der Waals surface area contributed by atoms with Crippen LogP contribution in [0, 0.1) is 17.8 Å². The lowest BCUT2D eigenvalue weighted by molar-refractivity contribution is 0.258. The third-order valence-corrected chi connectivity index (χ3v) is 4.84. The molecule has 3 unspecified atom stereocenters. The van der Waals surface area contributed by atoms with E-state index in [0.717, 1.165) is 11.8 Å². The maximum Gasteiger partial charge on any atom is 0.0123 e. The molecule has 4 aliphatic carbocycles. The van der Waals surface area contributed by atoms with Gasteiger partial charge in [0.1, 0.15) is 0 Å². The van der Waals surface area contributed by atoms with Gasteiger partial charge in [-0.05, 0) is 49.2 Å². The summed E-state index contributed by atoms with van der Waals surface area (Å²) in [5, 5.41) is 0. The summed E-state index contributed by atoms with van der Waals surface area (Å²) in [6.07, 6.45) is 18.3. The molecule has 0 heterocycles. The topological polar surface area (TPSA) is 0 Å². The maximum atomic E-state index is 2.44. The second kappa shape index (κ2) is 3.35. The van der Waals surface area contributed by atoms with Crippen LogP contribution < -0.4 is 0 Å². The first-order chi connectivity index (χ1) is 8.33. The zero-order chi connectivity index (χ0) is 11.4. The van der Waals surface area contributed by atoms with E-state index < -0.39 is 0 Å². The summed E-state index contributed by atoms with van der Waals surface area (Å²) in [4.78, 5) is 0. The first-order valence-corrected chi connectivity index (χ1v) is 6.80. The van der Waals surface area contributed by atoms with Gasteiger partial charge in [0.05, 0.1) is 0 Å². The van der Waals surface area contributed by atoms with Crippen LogP contribution in [0.4, 0.5) is 0 Å². The van der Waals surface area contributed by atoms with Crippen LogP contribution in [-0.2, 0) is 0 Å². The molecule has 0 amide bonds. The molecule has 0 radical (unpaired) electrons. The Morgan fingerprint density at radius 2 is 2.00 bits per heavy atom. The van der Waals surface area contributed by atoms with Gasteiger partial charge in [-0.1, -0.05) is 47.6 Å². The minimum absolute atomic E-state index is 0.711. The highest BCUT2D eigenvalue weighted by Crippen LogP contribution is 2.52. The summed E-state index contributed by atoms with van der Waals surface area (Å²) in [5.41, 5.74) is 6.27. The fraction of sp³-hybridized carbons (Fsp3) is 0.412. The fourth-order valence-corrected chi connectivity index (χ4v) is 4.19. The summed E-state index contributed by atoms with van der Waals surface area (Å²) < 4.78 is 0. The van der Waals surface area contributed by atoms with Crippen LogP contribution in [-0.4, -0.2) is 0 Å². The van der Waals surface area contributed by atoms with Gasteiger partial charge in [0.15, 0.2) is 0 Å². The highest BCUT2D eigenvalue weighted by Gasteiger charge is 2.41. The van der Waals surface area contributed by atoms with Gasteiger partial charge in [0, 0.05) is 5.92 Å². The molecular formula is C17H18. The highest BCUT2D eigenvalue weighted by molar-refractivity contribution is 5.52. The van der Waals surface area contributed by atoms with Gasteiger partial charge in [-0.2, -0.15) is 0 Å². The number of hydrogen-bond donors (Lipinski definition) is 0. The molecule has 0 bridgehead atoms. The SMILES string of the molecule is CC1=CC2=CC=C3C=CCC4CCC(=C1)C2C34. The average molecular weight is 222 g/mol. The van der Waals surface area contributed by atoms with Crippen LogP contribution >= 0.6 is 0 Å². The molecule has 1 saturated carbocycles. The smallest absolute Gasteiger partial charge is 0.0123 e. The fourth-order valence-electron chi connectivity index (χ4n) is 4.19. The molecular weight excluding hydrogens is 204 g/mol. The Kier molecular flexibility index (Phi) is 1.91. The van der Waals surface area contributed by atoms with E-state index in [-0.39, 0.29) is 0 Å². The molecule has 1 fully saturated rings. The molecule has 4 rings (SSSR count). The van der Waals surface area contributed by atoms with Gasteiger partial charge in [-0.15, -0.1) is 0 Å². The lowest BCUT2D eigenvalue weighted by Crippen LogP contribution is -2.35. The van der Waals surface area contributed by atoms with Crippen molar-refractivity contribution >= 4 is 0 Å². The Morgan fingerprint density at radius 1 is 1.12 bits per heavy atom. The van der Waals surface area contributed by atoms with E-state index in [1.165, 1.54) is 24.8 Å². The standard InChI is InChI=1S/C17H18/c1-11-9-14-7-5-12-3-2-4-13-6-8-15(10-11)17(14)16(12)13/h2-3,5,7,9-10,13,16-17H,4,6,8H2,1H3. The molecule has 0 heteroatoms. The normalized spacial score (nSPS) is 37.6. The zero-order valence-corrected chi connectivity index (χ0v) is 10.3. The van der Waals surface area contributed by atoms with Crippen molar-refractivity contribution in [1.82, 2.24) is 0 Å². The van der Waals surface area contributed by atoms with E-state index in [9.17, 15) is 0 Å². The predicted octanol–water partition coefficient (Wildman–Crippen LogP) is 4.34. The number of allylic oxidation sites excluding steroid dienone is 10. The minimum Gasteiger partial charge on any atom is -0.0840 e. The molecule has 0 spiro atoms. The molecule has 0 aromatic rings. The van der Waals surface area contributed by atoms with Gasteiger partial charge in [0.2, 0.25) is 0 Å². The Morgan fingerprint density at radius 3 is 2.94 bits per heavy atom. The summed E-state index contributed by atoms with van der Waals surface area (Å²) in [6, 6.07) is 0. The van der Waals surface area contributed by atoms with Crippen molar-refractivity contribution in [1.29, 1.82) is 0 Å². The van der Waals surface area contributed by atoms with Gasteiger partial charge < -0.3 is 0 Å². The lowest BCUT2D eigenvalue weighted by atomic mass is 9.58. The third-order valence-electron chi connectivity index (χ3n) is 4.84. The van der Waals surface area contributed by atoms with Crippen molar-refractivity contribution < 1.29 is 0 Å². The number of rotatable bonds is 0. The predicted molar refractivity (Wildman–Crippen MR) is 71.5 cm³/mol. The first kappa shape index (κ1) is 9.70. The summed E-state index contributed by atoms with van der Waals surface area (Å²) in [6.45, 7) is 2.23. The van der Waals surface area contributed by atoms with Gasteiger partial charge in [-0.3, -0.25) is 0 Å². The molecule has 0 saturated heterocycles. The maximum absolute atomic E-state index is 2.44. The van der Waals surface area contributed by atoms with Crippen molar-refractivity contribution in [3.8, 4) is 0 Å². The van der Waals surface area contributed by atoms with Gasteiger partial charge in [0.25, 0.3) is 0 Å². The van der Waals surface area contributed by atoms with Crippen LogP contribution in [0.2, 0.25) is 0 Å². The van der Waals surface area contributed by atoms with Crippen molar-refractivity contribution in [3.05, 3.63) is 58.7 Å². The molecule has 0 aromatic heterocycles. The molecule has 17 heavy (non-hydrogen) atoms. The molecule has 0 aliphatic heterocycles. The molecule has 4 aliphatic rings. The van der Waals surface area contributed by atoms with Gasteiger partial charge >= 0.3 is 0 Å². The van der Waals surface area contributed by atoms with Crippen LogP contribution in [0.1, 0.15) is 26.2 Å². The van der Waals surface area contributed by atoms with Crippen molar-refractivity contribution in [3.63, 3.8) is 0 Å². The van der Waals surface area contributed by atoms with Crippen LogP contribution in [0.25, 0.3) is 0 Å². The highest BCUT2D eigenvalue weighted by atomic mass is 14.5. The van der Waals surface area contributed by atoms with E-state index in [0.29, 0.717) is 5.92 Å². The lowest BCUT2D eigenvalue weighted by Gasteiger charge is -2.46. The monoisotopic (exact) mass is 222 g/mol. The third kappa shape index (κ3) is 1.30. The van der Waals surface area contributed by atoms with Crippen molar-refractivity contribution in [2.75, 3.05) is 0 Å². The van der Waals surface area contributed by atoms with Crippen LogP contribution in [0.5, 0.6) is 0 Å². The molecule has 0 aromatic carbocycles. The zero-order valence-electron chi connectivity index (χ0n) is 10.3. The molecule has 3 atom stereocenters. The molecule has 0 N–H and O–H groups in total. The van der Waals surface area contributed by atoms with Crippen LogP contribution in [0.15, 0.2) is 58.7 Å². The minimum atomic E-state index is 0.711. The second-order valence-electron chi connectivity index (χ2n) is 5.88. The quantitative estimate of drug-likeness (QED) is 0.572. The average Bonchev–Trinajstić information content (AvgIpc) is 2.35. The van der Waals surface area contributed by atoms with E-state index in [2.05, 4.69) is 43.4 Å². The van der Waals surface area contributed by atoms with E-state index in [1.54, 1.807) is 16.7 Å². The van der Waals surface area contributed by atoms with Crippen molar-refractivity contribution in [2.24, 2.45) is 17.8 Å². The summed E-state index contributed by atoms with van der Waals surface area (Å²) >= 11 is 0. The van der Waals surface area contributed by atoms with Crippen molar-refractivity contribution in [2.45, 2.75) is 26.2 Å². The largest absolute Gasteiger partial charge is 0.0840 e. The number of hydrogen-bond acceptors (Lipinski definition) is 0. The van der Waals surface area contributed by atoms with E-state index in [4.69, 9.17) is 0 Å². The van der Waals surface area contributed by atoms with Gasteiger partial charge in [-0.25, -0.2) is 0 Å². The molecule has 0 nitrogen and oxygen atoms in total. The van der Waals surface area contributed by atoms with Crippen LogP contribution in [0.3, 0.4) is 0 Å². The Labute approximate surface area is 103 Å². The second-order valence-corrected chi connectivity index (χ2v) is 5.88. The van der Waals surface area contributed by atoms with E-state index in [1.807, 2.05) is 0 Å². The first-order valence-electron chi connectivity index (χ1n) is 6.80. The summed E-state index contributed by atoms with van der Waals surface area (Å²) in [7, 11) is 0. The van der Waals surface area contributed by atoms with E-state index >= 15 is 0 Å². The Hall–Kier alpha value is -1.30.